The van der Waals surface area contributed by atoms with Gasteiger partial charge >= 0.3 is 5.97 Å². The van der Waals surface area contributed by atoms with Crippen molar-refractivity contribution in [2.45, 2.75) is 32.2 Å². The van der Waals surface area contributed by atoms with Gasteiger partial charge in [-0.2, -0.15) is 0 Å². The molecule has 0 spiro atoms. The molecule has 92 valence electrons. The number of ether oxygens (including phenoxy) is 1. The molecule has 0 atom stereocenters. The van der Waals surface area contributed by atoms with E-state index in [1.807, 2.05) is 13.8 Å². The zero-order chi connectivity index (χ0) is 12.2. The Labute approximate surface area is 96.1 Å². The van der Waals surface area contributed by atoms with Gasteiger partial charge in [-0.15, -0.1) is 0 Å². The number of hydrogen-bond donors (Lipinski definition) is 1. The van der Waals surface area contributed by atoms with E-state index in [-0.39, 0.29) is 11.9 Å². The third-order valence-corrected chi connectivity index (χ3v) is 3.05. The lowest BCUT2D eigenvalue weighted by Crippen LogP contribution is -2.61. The van der Waals surface area contributed by atoms with Gasteiger partial charge in [-0.3, -0.25) is 14.5 Å². The number of methoxy groups -OCH3 is 1. The maximum absolute atomic E-state index is 11.6. The van der Waals surface area contributed by atoms with Crippen molar-refractivity contribution in [1.82, 2.24) is 10.2 Å². The summed E-state index contributed by atoms with van der Waals surface area (Å²) in [5.41, 5.74) is -0.478. The molecule has 0 saturated carbocycles. The second-order valence-electron chi connectivity index (χ2n) is 4.48. The number of amides is 1. The molecule has 16 heavy (non-hydrogen) atoms. The lowest BCUT2D eigenvalue weighted by Gasteiger charge is -2.41. The number of carbonyl (C=O) groups excluding carboxylic acids is 2. The van der Waals surface area contributed by atoms with Gasteiger partial charge in [-0.05, 0) is 26.8 Å². The van der Waals surface area contributed by atoms with Crippen LogP contribution in [-0.4, -0.2) is 49.1 Å². The fraction of sp³-hybridized carbons (Fsp3) is 0.818. The van der Waals surface area contributed by atoms with Crippen LogP contribution in [0.15, 0.2) is 0 Å². The van der Waals surface area contributed by atoms with E-state index in [9.17, 15) is 9.59 Å². The second-order valence-corrected chi connectivity index (χ2v) is 4.48. The SMILES string of the molecule is COC(=O)CCCN1CCNC(=O)C1(C)C. The van der Waals surface area contributed by atoms with E-state index in [4.69, 9.17) is 0 Å². The van der Waals surface area contributed by atoms with Gasteiger partial charge in [0.25, 0.3) is 0 Å². The summed E-state index contributed by atoms with van der Waals surface area (Å²) in [5.74, 6) is -0.143. The molecule has 1 fully saturated rings. The third-order valence-electron chi connectivity index (χ3n) is 3.05. The van der Waals surface area contributed by atoms with Crippen molar-refractivity contribution in [2.75, 3.05) is 26.7 Å². The molecule has 1 aliphatic heterocycles. The zero-order valence-electron chi connectivity index (χ0n) is 10.2. The fourth-order valence-corrected chi connectivity index (χ4v) is 1.85. The Morgan fingerprint density at radius 2 is 2.25 bits per heavy atom. The zero-order valence-corrected chi connectivity index (χ0v) is 10.2. The first-order valence-electron chi connectivity index (χ1n) is 5.58. The predicted molar refractivity (Wildman–Crippen MR) is 59.9 cm³/mol. The van der Waals surface area contributed by atoms with Crippen molar-refractivity contribution in [2.24, 2.45) is 0 Å². The van der Waals surface area contributed by atoms with Crippen molar-refractivity contribution in [3.8, 4) is 0 Å². The molecule has 0 radical (unpaired) electrons. The molecule has 1 amide bonds. The highest BCUT2D eigenvalue weighted by atomic mass is 16.5. The first kappa shape index (κ1) is 13.0. The minimum absolute atomic E-state index is 0.0526. The summed E-state index contributed by atoms with van der Waals surface area (Å²) in [5, 5.41) is 2.84. The molecule has 1 aliphatic rings. The standard InChI is InChI=1S/C11H20N2O3/c1-11(2)10(15)12-6-8-13(11)7-4-5-9(14)16-3/h4-8H2,1-3H3,(H,12,15). The van der Waals surface area contributed by atoms with Gasteiger partial charge in [-0.1, -0.05) is 0 Å². The molecule has 5 heteroatoms. The smallest absolute Gasteiger partial charge is 0.305 e. The Morgan fingerprint density at radius 3 is 2.88 bits per heavy atom. The van der Waals surface area contributed by atoms with Crippen LogP contribution < -0.4 is 5.32 Å². The highest BCUT2D eigenvalue weighted by Crippen LogP contribution is 2.18. The van der Waals surface area contributed by atoms with Gasteiger partial charge in [0.15, 0.2) is 0 Å². The maximum Gasteiger partial charge on any atom is 0.305 e. The number of carbonyl (C=O) groups is 2. The van der Waals surface area contributed by atoms with E-state index in [0.717, 1.165) is 19.5 Å². The van der Waals surface area contributed by atoms with E-state index >= 15 is 0 Å². The molecule has 1 heterocycles. The van der Waals surface area contributed by atoms with Crippen molar-refractivity contribution in [3.05, 3.63) is 0 Å². The lowest BCUT2D eigenvalue weighted by molar-refractivity contribution is -0.141. The molecule has 5 nitrogen and oxygen atoms in total. The molecule has 0 bridgehead atoms. The number of nitrogens with zero attached hydrogens (tertiary/aromatic N) is 1. The van der Waals surface area contributed by atoms with E-state index in [1.54, 1.807) is 0 Å². The van der Waals surface area contributed by atoms with Gasteiger partial charge in [0, 0.05) is 19.5 Å². The third kappa shape index (κ3) is 2.95. The Balaban J connectivity index is 2.41. The summed E-state index contributed by atoms with van der Waals surface area (Å²) >= 11 is 0. The maximum atomic E-state index is 11.6. The lowest BCUT2D eigenvalue weighted by atomic mass is 9.98. The Morgan fingerprint density at radius 1 is 1.56 bits per heavy atom. The molecule has 0 unspecified atom stereocenters. The van der Waals surface area contributed by atoms with Crippen LogP contribution in [0.25, 0.3) is 0 Å². The number of hydrogen-bond acceptors (Lipinski definition) is 4. The monoisotopic (exact) mass is 228 g/mol. The van der Waals surface area contributed by atoms with Crippen LogP contribution in [0.5, 0.6) is 0 Å². The molecule has 0 aromatic rings. The van der Waals surface area contributed by atoms with Gasteiger partial charge < -0.3 is 10.1 Å². The largest absolute Gasteiger partial charge is 0.469 e. The second kappa shape index (κ2) is 5.30. The van der Waals surface area contributed by atoms with Crippen LogP contribution in [-0.2, 0) is 14.3 Å². The van der Waals surface area contributed by atoms with E-state index in [1.165, 1.54) is 7.11 Å². The summed E-state index contributed by atoms with van der Waals surface area (Å²) in [4.78, 5) is 24.7. The quantitative estimate of drug-likeness (QED) is 0.696. The Hall–Kier alpha value is -1.10. The molecular formula is C11H20N2O3. The van der Waals surface area contributed by atoms with E-state index < -0.39 is 5.54 Å². The number of piperazine rings is 1. The summed E-state index contributed by atoms with van der Waals surface area (Å²) in [7, 11) is 1.39. The predicted octanol–water partition coefficient (Wildman–Crippen LogP) is 0.150. The molecule has 0 aliphatic carbocycles. The normalized spacial score (nSPS) is 20.3. The molecular weight excluding hydrogens is 208 g/mol. The van der Waals surface area contributed by atoms with Crippen molar-refractivity contribution in [3.63, 3.8) is 0 Å². The summed E-state index contributed by atoms with van der Waals surface area (Å²) < 4.78 is 4.58. The van der Waals surface area contributed by atoms with Gasteiger partial charge in [0.1, 0.15) is 0 Å². The van der Waals surface area contributed by atoms with Crippen molar-refractivity contribution >= 4 is 11.9 Å². The molecule has 0 aromatic heterocycles. The van der Waals surface area contributed by atoms with E-state index in [2.05, 4.69) is 15.0 Å². The summed E-state index contributed by atoms with van der Waals surface area (Å²) in [6.07, 6.45) is 1.13. The minimum atomic E-state index is -0.478. The van der Waals surface area contributed by atoms with Crippen LogP contribution in [0.2, 0.25) is 0 Å². The molecule has 0 aromatic carbocycles. The van der Waals surface area contributed by atoms with Crippen LogP contribution in [0.3, 0.4) is 0 Å². The van der Waals surface area contributed by atoms with Crippen LogP contribution >= 0.6 is 0 Å². The number of nitrogens with one attached hydrogen (secondary N) is 1. The van der Waals surface area contributed by atoms with Crippen LogP contribution in [0.4, 0.5) is 0 Å². The fourth-order valence-electron chi connectivity index (χ4n) is 1.85. The van der Waals surface area contributed by atoms with Crippen LogP contribution in [0, 0.1) is 0 Å². The first-order valence-corrected chi connectivity index (χ1v) is 5.58. The van der Waals surface area contributed by atoms with Gasteiger partial charge in [0.2, 0.25) is 5.91 Å². The number of rotatable bonds is 4. The van der Waals surface area contributed by atoms with E-state index in [0.29, 0.717) is 13.0 Å². The summed E-state index contributed by atoms with van der Waals surface area (Å²) in [6.45, 7) is 6.06. The average Bonchev–Trinajstić information content (AvgIpc) is 2.24. The average molecular weight is 228 g/mol. The topological polar surface area (TPSA) is 58.6 Å². The number of esters is 1. The highest BCUT2D eigenvalue weighted by molar-refractivity contribution is 5.86. The Kier molecular flexibility index (Phi) is 4.29. The van der Waals surface area contributed by atoms with Crippen LogP contribution in [0.1, 0.15) is 26.7 Å². The Bertz CT molecular complexity index is 276. The molecule has 1 rings (SSSR count). The van der Waals surface area contributed by atoms with Crippen molar-refractivity contribution in [1.29, 1.82) is 0 Å². The molecule has 1 saturated heterocycles. The van der Waals surface area contributed by atoms with Gasteiger partial charge in [0.05, 0.1) is 12.6 Å². The summed E-state index contributed by atoms with van der Waals surface area (Å²) in [6, 6.07) is 0. The van der Waals surface area contributed by atoms with Gasteiger partial charge in [-0.25, -0.2) is 0 Å². The highest BCUT2D eigenvalue weighted by Gasteiger charge is 2.36. The minimum Gasteiger partial charge on any atom is -0.469 e. The first-order chi connectivity index (χ1) is 7.48. The van der Waals surface area contributed by atoms with Crippen molar-refractivity contribution < 1.29 is 14.3 Å². The molecule has 1 N–H and O–H groups in total.